The zero-order chi connectivity index (χ0) is 18.9. The van der Waals surface area contributed by atoms with Crippen LogP contribution in [0.15, 0.2) is 65.6 Å². The summed E-state index contributed by atoms with van der Waals surface area (Å²) in [5.74, 6) is -0.416. The smallest absolute Gasteiger partial charge is 0.191 e. The summed E-state index contributed by atoms with van der Waals surface area (Å²) in [5, 5.41) is -1.25. The van der Waals surface area contributed by atoms with Crippen LogP contribution in [0.4, 0.5) is 0 Å². The average Bonchev–Trinajstić information content (AvgIpc) is 2.84. The molecule has 0 N–H and O–H groups in total. The number of hydrogen-bond acceptors (Lipinski definition) is 4. The van der Waals surface area contributed by atoms with Gasteiger partial charge in [0.05, 0.1) is 4.90 Å². The SMILES string of the molecule is Cc1ccc(S(=O)(=O)[C@@H]2C(=O)C(C)(C)O[C@H]2/C=C/c2ccccc2)cc1. The fraction of sp³-hybridized carbons (Fsp3) is 0.286. The molecular formula is C21H22O4S. The molecule has 5 heteroatoms. The minimum atomic E-state index is -3.86. The van der Waals surface area contributed by atoms with E-state index in [1.54, 1.807) is 50.3 Å². The second-order valence-corrected chi connectivity index (χ2v) is 9.07. The molecular weight excluding hydrogens is 348 g/mol. The molecule has 3 rings (SSSR count). The molecule has 0 aliphatic carbocycles. The molecule has 0 radical (unpaired) electrons. The monoisotopic (exact) mass is 370 g/mol. The maximum absolute atomic E-state index is 13.1. The van der Waals surface area contributed by atoms with Crippen molar-refractivity contribution in [2.24, 2.45) is 0 Å². The highest BCUT2D eigenvalue weighted by Gasteiger charge is 2.54. The Kier molecular flexibility index (Phi) is 4.86. The van der Waals surface area contributed by atoms with Gasteiger partial charge in [-0.25, -0.2) is 8.42 Å². The number of aryl methyl sites for hydroxylation is 1. The number of hydrogen-bond donors (Lipinski definition) is 0. The Bertz CT molecular complexity index is 926. The van der Waals surface area contributed by atoms with Gasteiger partial charge in [0.2, 0.25) is 0 Å². The van der Waals surface area contributed by atoms with E-state index < -0.39 is 32.6 Å². The molecule has 26 heavy (non-hydrogen) atoms. The van der Waals surface area contributed by atoms with Crippen molar-refractivity contribution >= 4 is 21.7 Å². The van der Waals surface area contributed by atoms with Gasteiger partial charge in [0.15, 0.2) is 20.9 Å². The number of ketones is 1. The van der Waals surface area contributed by atoms with E-state index in [4.69, 9.17) is 4.74 Å². The average molecular weight is 370 g/mol. The lowest BCUT2D eigenvalue weighted by Gasteiger charge is -2.15. The van der Waals surface area contributed by atoms with Gasteiger partial charge in [-0.3, -0.25) is 4.79 Å². The van der Waals surface area contributed by atoms with Crippen LogP contribution in [-0.2, 0) is 19.4 Å². The Labute approximate surface area is 154 Å². The Morgan fingerprint density at radius 3 is 2.23 bits per heavy atom. The first kappa shape index (κ1) is 18.5. The third kappa shape index (κ3) is 3.50. The van der Waals surface area contributed by atoms with Gasteiger partial charge in [-0.15, -0.1) is 0 Å². The van der Waals surface area contributed by atoms with Crippen molar-refractivity contribution in [2.45, 2.75) is 42.6 Å². The molecule has 0 unspecified atom stereocenters. The quantitative estimate of drug-likeness (QED) is 0.825. The molecule has 1 aliphatic rings. The highest BCUT2D eigenvalue weighted by Crippen LogP contribution is 2.35. The van der Waals surface area contributed by atoms with Crippen LogP contribution in [0, 0.1) is 6.92 Å². The van der Waals surface area contributed by atoms with Crippen molar-refractivity contribution < 1.29 is 17.9 Å². The minimum Gasteiger partial charge on any atom is -0.359 e. The molecule has 0 saturated carbocycles. The summed E-state index contributed by atoms with van der Waals surface area (Å²) in [6.45, 7) is 5.11. The summed E-state index contributed by atoms with van der Waals surface area (Å²) in [5.41, 5.74) is 0.729. The van der Waals surface area contributed by atoms with E-state index in [1.807, 2.05) is 37.3 Å². The van der Waals surface area contributed by atoms with Gasteiger partial charge in [0.25, 0.3) is 0 Å². The van der Waals surface area contributed by atoms with E-state index in [1.165, 1.54) is 0 Å². The van der Waals surface area contributed by atoms with Gasteiger partial charge < -0.3 is 4.74 Å². The van der Waals surface area contributed by atoms with Crippen LogP contribution >= 0.6 is 0 Å². The molecule has 0 bridgehead atoms. The van der Waals surface area contributed by atoms with Crippen LogP contribution in [0.25, 0.3) is 6.08 Å². The molecule has 2 aromatic rings. The maximum Gasteiger partial charge on any atom is 0.191 e. The Morgan fingerprint density at radius 2 is 1.62 bits per heavy atom. The number of sulfone groups is 1. The lowest BCUT2D eigenvalue weighted by atomic mass is 10.0. The summed E-state index contributed by atoms with van der Waals surface area (Å²) in [4.78, 5) is 12.9. The van der Waals surface area contributed by atoms with E-state index in [0.29, 0.717) is 0 Å². The molecule has 1 aliphatic heterocycles. The predicted molar refractivity (Wildman–Crippen MR) is 102 cm³/mol. The van der Waals surface area contributed by atoms with Crippen LogP contribution in [-0.4, -0.2) is 31.2 Å². The summed E-state index contributed by atoms with van der Waals surface area (Å²) in [6, 6.07) is 16.0. The van der Waals surface area contributed by atoms with E-state index in [0.717, 1.165) is 11.1 Å². The Morgan fingerprint density at radius 1 is 1.00 bits per heavy atom. The molecule has 0 amide bonds. The van der Waals surface area contributed by atoms with Gasteiger partial charge >= 0.3 is 0 Å². The van der Waals surface area contributed by atoms with E-state index >= 15 is 0 Å². The molecule has 1 heterocycles. The Balaban J connectivity index is 1.99. The largest absolute Gasteiger partial charge is 0.359 e. The molecule has 136 valence electrons. The molecule has 0 aromatic heterocycles. The van der Waals surface area contributed by atoms with Crippen molar-refractivity contribution in [2.75, 3.05) is 0 Å². The highest BCUT2D eigenvalue weighted by atomic mass is 32.2. The molecule has 0 spiro atoms. The van der Waals surface area contributed by atoms with Gasteiger partial charge in [-0.2, -0.15) is 0 Å². The lowest BCUT2D eigenvalue weighted by molar-refractivity contribution is -0.128. The summed E-state index contributed by atoms with van der Waals surface area (Å²) in [7, 11) is -3.86. The lowest BCUT2D eigenvalue weighted by Crippen LogP contribution is -2.38. The number of carbonyl (C=O) groups is 1. The van der Waals surface area contributed by atoms with E-state index in [2.05, 4.69) is 0 Å². The van der Waals surface area contributed by atoms with Gasteiger partial charge in [0, 0.05) is 0 Å². The summed E-state index contributed by atoms with van der Waals surface area (Å²) < 4.78 is 32.1. The van der Waals surface area contributed by atoms with Crippen LogP contribution in [0.1, 0.15) is 25.0 Å². The van der Waals surface area contributed by atoms with Crippen LogP contribution in [0.5, 0.6) is 0 Å². The fourth-order valence-electron chi connectivity index (χ4n) is 3.05. The molecule has 2 atom stereocenters. The molecule has 2 aromatic carbocycles. The number of benzene rings is 2. The first-order chi connectivity index (χ1) is 12.2. The topological polar surface area (TPSA) is 60.4 Å². The third-order valence-electron chi connectivity index (χ3n) is 4.54. The summed E-state index contributed by atoms with van der Waals surface area (Å²) in [6.07, 6.45) is 2.62. The van der Waals surface area contributed by atoms with E-state index in [-0.39, 0.29) is 4.90 Å². The van der Waals surface area contributed by atoms with Crippen molar-refractivity contribution in [3.63, 3.8) is 0 Å². The third-order valence-corrected chi connectivity index (χ3v) is 6.62. The number of carbonyl (C=O) groups excluding carboxylic acids is 1. The second kappa shape index (κ2) is 6.82. The van der Waals surface area contributed by atoms with Crippen LogP contribution in [0.3, 0.4) is 0 Å². The number of Topliss-reactive ketones (excluding diaryl/α,β-unsaturated/α-hetero) is 1. The standard InChI is InChI=1S/C21H22O4S/c1-15-9-12-17(13-10-15)26(23,24)19-18(25-21(2,3)20(19)22)14-11-16-7-5-4-6-8-16/h4-14,18-19H,1-3H3/b14-11+/t18-,19-/m0/s1. The fourth-order valence-corrected chi connectivity index (χ4v) is 4.93. The maximum atomic E-state index is 13.1. The van der Waals surface area contributed by atoms with Crippen molar-refractivity contribution in [3.05, 3.63) is 71.8 Å². The van der Waals surface area contributed by atoms with Crippen molar-refractivity contribution in [1.29, 1.82) is 0 Å². The first-order valence-electron chi connectivity index (χ1n) is 8.48. The normalized spacial score (nSPS) is 22.8. The number of ether oxygens (including phenoxy) is 1. The van der Waals surface area contributed by atoms with Gasteiger partial charge in [-0.05, 0) is 38.5 Å². The second-order valence-electron chi connectivity index (χ2n) is 7.01. The predicted octanol–water partition coefficient (Wildman–Crippen LogP) is 3.60. The zero-order valence-corrected chi connectivity index (χ0v) is 15.9. The molecule has 4 nitrogen and oxygen atoms in total. The van der Waals surface area contributed by atoms with Gasteiger partial charge in [0.1, 0.15) is 11.7 Å². The van der Waals surface area contributed by atoms with Crippen molar-refractivity contribution in [1.82, 2.24) is 0 Å². The zero-order valence-electron chi connectivity index (χ0n) is 15.0. The van der Waals surface area contributed by atoms with Crippen LogP contribution < -0.4 is 0 Å². The molecule has 1 fully saturated rings. The minimum absolute atomic E-state index is 0.140. The van der Waals surface area contributed by atoms with E-state index in [9.17, 15) is 13.2 Å². The highest BCUT2D eigenvalue weighted by molar-refractivity contribution is 7.93. The molecule has 1 saturated heterocycles. The number of rotatable bonds is 4. The Hall–Kier alpha value is -2.24. The first-order valence-corrected chi connectivity index (χ1v) is 10.0. The van der Waals surface area contributed by atoms with Gasteiger partial charge in [-0.1, -0.05) is 60.2 Å². The summed E-state index contributed by atoms with van der Waals surface area (Å²) >= 11 is 0. The van der Waals surface area contributed by atoms with Crippen LogP contribution in [0.2, 0.25) is 0 Å². The van der Waals surface area contributed by atoms with Crippen molar-refractivity contribution in [3.8, 4) is 0 Å².